The molecular weight excluding hydrogens is 444 g/mol. The summed E-state index contributed by atoms with van der Waals surface area (Å²) < 4.78 is 1.75. The molecule has 0 spiro atoms. The number of aryl methyl sites for hydroxylation is 1. The number of primary amides is 1. The van der Waals surface area contributed by atoms with E-state index in [2.05, 4.69) is 20.4 Å². The molecule has 32 heavy (non-hydrogen) atoms. The van der Waals surface area contributed by atoms with Crippen molar-refractivity contribution in [3.05, 3.63) is 58.9 Å². The SMILES string of the molecule is CC(Sc1ncnc2c1cnn2-c1ccccc1)C(=O)Nc1sc2c(c1C(N)=O)CCC2. The number of amides is 2. The Bertz CT molecular complexity index is 1330. The normalized spacial score (nSPS) is 13.8. The molecule has 1 atom stereocenters. The van der Waals surface area contributed by atoms with Gasteiger partial charge < -0.3 is 11.1 Å². The number of nitrogens with zero attached hydrogens (tertiary/aromatic N) is 4. The first kappa shape index (κ1) is 20.7. The molecule has 3 N–H and O–H groups in total. The van der Waals surface area contributed by atoms with E-state index >= 15 is 0 Å². The van der Waals surface area contributed by atoms with Crippen LogP contribution >= 0.6 is 23.1 Å². The van der Waals surface area contributed by atoms with E-state index in [-0.39, 0.29) is 5.91 Å². The molecule has 3 aromatic heterocycles. The number of thiophene rings is 1. The van der Waals surface area contributed by atoms with Crippen molar-refractivity contribution in [2.45, 2.75) is 36.5 Å². The molecule has 1 aromatic carbocycles. The summed E-state index contributed by atoms with van der Waals surface area (Å²) in [4.78, 5) is 34.8. The van der Waals surface area contributed by atoms with Crippen LogP contribution in [0.5, 0.6) is 0 Å². The van der Waals surface area contributed by atoms with Crippen molar-refractivity contribution in [1.82, 2.24) is 19.7 Å². The summed E-state index contributed by atoms with van der Waals surface area (Å²) in [6.07, 6.45) is 5.96. The quantitative estimate of drug-likeness (QED) is 0.333. The smallest absolute Gasteiger partial charge is 0.251 e. The molecule has 1 aliphatic rings. The fourth-order valence-corrected chi connectivity index (χ4v) is 6.04. The van der Waals surface area contributed by atoms with Crippen LogP contribution in [0.3, 0.4) is 0 Å². The third-order valence-corrected chi connectivity index (χ3v) is 7.72. The highest BCUT2D eigenvalue weighted by Gasteiger charge is 2.27. The molecule has 0 fully saturated rings. The van der Waals surface area contributed by atoms with Gasteiger partial charge in [0, 0.05) is 4.88 Å². The molecule has 1 aliphatic carbocycles. The number of carbonyl (C=O) groups excluding carboxylic acids is 2. The fraction of sp³-hybridized carbons (Fsp3) is 0.227. The Morgan fingerprint density at radius 3 is 2.81 bits per heavy atom. The second-order valence-corrected chi connectivity index (χ2v) is 9.92. The van der Waals surface area contributed by atoms with Crippen LogP contribution in [0.4, 0.5) is 5.00 Å². The molecule has 0 bridgehead atoms. The minimum atomic E-state index is -0.495. The number of rotatable bonds is 6. The lowest BCUT2D eigenvalue weighted by Gasteiger charge is -2.12. The minimum Gasteiger partial charge on any atom is -0.365 e. The molecule has 3 heterocycles. The van der Waals surface area contributed by atoms with Crippen LogP contribution in [0.1, 0.15) is 34.1 Å². The zero-order chi connectivity index (χ0) is 22.2. The zero-order valence-electron chi connectivity index (χ0n) is 17.2. The number of anilines is 1. The van der Waals surface area contributed by atoms with E-state index in [9.17, 15) is 9.59 Å². The van der Waals surface area contributed by atoms with Gasteiger partial charge in [0.2, 0.25) is 5.91 Å². The molecule has 0 radical (unpaired) electrons. The largest absolute Gasteiger partial charge is 0.365 e. The highest BCUT2D eigenvalue weighted by Crippen LogP contribution is 2.39. The van der Waals surface area contributed by atoms with Gasteiger partial charge in [0.1, 0.15) is 16.4 Å². The first-order chi connectivity index (χ1) is 15.5. The predicted octanol–water partition coefficient (Wildman–Crippen LogP) is 3.58. The van der Waals surface area contributed by atoms with Gasteiger partial charge in [-0.25, -0.2) is 14.6 Å². The number of nitrogens with two attached hydrogens (primary N) is 1. The van der Waals surface area contributed by atoms with E-state index in [1.165, 1.54) is 29.4 Å². The number of hydrogen-bond acceptors (Lipinski definition) is 7. The number of para-hydroxylation sites is 1. The predicted molar refractivity (Wildman–Crippen MR) is 125 cm³/mol. The molecule has 10 heteroatoms. The molecule has 0 saturated carbocycles. The van der Waals surface area contributed by atoms with Gasteiger partial charge in [-0.2, -0.15) is 5.10 Å². The van der Waals surface area contributed by atoms with E-state index in [4.69, 9.17) is 5.73 Å². The molecule has 8 nitrogen and oxygen atoms in total. The van der Waals surface area contributed by atoms with Gasteiger partial charge >= 0.3 is 0 Å². The van der Waals surface area contributed by atoms with E-state index in [0.29, 0.717) is 21.2 Å². The lowest BCUT2D eigenvalue weighted by molar-refractivity contribution is -0.115. The van der Waals surface area contributed by atoms with Gasteiger partial charge in [-0.15, -0.1) is 11.3 Å². The summed E-state index contributed by atoms with van der Waals surface area (Å²) in [5.41, 5.74) is 8.62. The lowest BCUT2D eigenvalue weighted by Crippen LogP contribution is -2.24. The average molecular weight is 465 g/mol. The lowest BCUT2D eigenvalue weighted by atomic mass is 10.1. The Kier molecular flexibility index (Phi) is 5.40. The molecule has 162 valence electrons. The maximum atomic E-state index is 12.9. The Labute approximate surface area is 192 Å². The summed E-state index contributed by atoms with van der Waals surface area (Å²) in [6.45, 7) is 1.81. The van der Waals surface area contributed by atoms with Crippen LogP contribution in [0, 0.1) is 0 Å². The number of thioether (sulfide) groups is 1. The molecule has 1 unspecified atom stereocenters. The summed E-state index contributed by atoms with van der Waals surface area (Å²) in [6, 6.07) is 9.72. The van der Waals surface area contributed by atoms with E-state index in [0.717, 1.165) is 40.8 Å². The van der Waals surface area contributed by atoms with Crippen molar-refractivity contribution in [3.8, 4) is 5.69 Å². The van der Waals surface area contributed by atoms with Gasteiger partial charge in [0.25, 0.3) is 5.91 Å². The highest BCUT2D eigenvalue weighted by atomic mass is 32.2. The number of hydrogen-bond donors (Lipinski definition) is 2. The first-order valence-electron chi connectivity index (χ1n) is 10.2. The van der Waals surface area contributed by atoms with Crippen LogP contribution in [-0.4, -0.2) is 36.8 Å². The molecular formula is C22H20N6O2S2. The van der Waals surface area contributed by atoms with Gasteiger partial charge in [0.05, 0.1) is 28.1 Å². The third-order valence-electron chi connectivity index (χ3n) is 5.39. The number of nitrogens with one attached hydrogen (secondary N) is 1. The maximum absolute atomic E-state index is 12.9. The fourth-order valence-electron chi connectivity index (χ4n) is 3.86. The van der Waals surface area contributed by atoms with Crippen LogP contribution in [-0.2, 0) is 17.6 Å². The van der Waals surface area contributed by atoms with Crippen molar-refractivity contribution in [1.29, 1.82) is 0 Å². The standard InChI is InChI=1S/C22H20N6O2S2/c1-12(20(30)27-22-17(18(23)29)14-8-5-9-16(14)32-22)31-21-15-10-26-28(19(15)24-11-25-21)13-6-3-2-4-7-13/h2-4,6-7,10-12H,5,8-9H2,1H3,(H2,23,29)(H,27,30). The van der Waals surface area contributed by atoms with E-state index in [1.54, 1.807) is 17.8 Å². The summed E-state index contributed by atoms with van der Waals surface area (Å²) in [5.74, 6) is -0.703. The molecule has 0 saturated heterocycles. The molecule has 0 aliphatic heterocycles. The Hall–Kier alpha value is -3.24. The van der Waals surface area contributed by atoms with Gasteiger partial charge in [-0.1, -0.05) is 30.0 Å². The van der Waals surface area contributed by atoms with Gasteiger partial charge in [-0.3, -0.25) is 9.59 Å². The third kappa shape index (κ3) is 3.65. The Morgan fingerprint density at radius 2 is 2.03 bits per heavy atom. The van der Waals surface area contributed by atoms with Crippen molar-refractivity contribution in [2.75, 3.05) is 5.32 Å². The molecule has 4 aromatic rings. The summed E-state index contributed by atoms with van der Waals surface area (Å²) in [5, 5.41) is 8.91. The van der Waals surface area contributed by atoms with Crippen molar-refractivity contribution in [3.63, 3.8) is 0 Å². The Morgan fingerprint density at radius 1 is 1.22 bits per heavy atom. The monoisotopic (exact) mass is 464 g/mol. The molecule has 5 rings (SSSR count). The van der Waals surface area contributed by atoms with Crippen LogP contribution in [0.15, 0.2) is 47.9 Å². The maximum Gasteiger partial charge on any atom is 0.251 e. The van der Waals surface area contributed by atoms with E-state index in [1.807, 2.05) is 30.3 Å². The van der Waals surface area contributed by atoms with Gasteiger partial charge in [0.15, 0.2) is 5.65 Å². The van der Waals surface area contributed by atoms with Gasteiger partial charge in [-0.05, 0) is 43.9 Å². The summed E-state index contributed by atoms with van der Waals surface area (Å²) in [7, 11) is 0. The second-order valence-electron chi connectivity index (χ2n) is 7.48. The topological polar surface area (TPSA) is 116 Å². The van der Waals surface area contributed by atoms with Crippen molar-refractivity contribution < 1.29 is 9.59 Å². The Balaban J connectivity index is 1.38. The molecule has 2 amide bonds. The minimum absolute atomic E-state index is 0.209. The highest BCUT2D eigenvalue weighted by molar-refractivity contribution is 8.00. The van der Waals surface area contributed by atoms with Crippen LogP contribution in [0.2, 0.25) is 0 Å². The van der Waals surface area contributed by atoms with Crippen molar-refractivity contribution in [2.24, 2.45) is 5.73 Å². The second kappa shape index (κ2) is 8.36. The number of aromatic nitrogens is 4. The number of benzene rings is 1. The van der Waals surface area contributed by atoms with Crippen LogP contribution < -0.4 is 11.1 Å². The van der Waals surface area contributed by atoms with Crippen LogP contribution in [0.25, 0.3) is 16.7 Å². The first-order valence-corrected chi connectivity index (χ1v) is 11.9. The zero-order valence-corrected chi connectivity index (χ0v) is 18.9. The van der Waals surface area contributed by atoms with Crippen molar-refractivity contribution >= 4 is 50.9 Å². The van der Waals surface area contributed by atoms with E-state index < -0.39 is 11.2 Å². The average Bonchev–Trinajstić information content (AvgIpc) is 3.48. The number of fused-ring (bicyclic) bond motifs is 2. The number of carbonyl (C=O) groups is 2. The summed E-state index contributed by atoms with van der Waals surface area (Å²) >= 11 is 2.78.